The molecule has 0 bridgehead atoms. The monoisotopic (exact) mass is 295 g/mol. The van der Waals surface area contributed by atoms with Gasteiger partial charge in [0.1, 0.15) is 17.9 Å². The summed E-state index contributed by atoms with van der Waals surface area (Å²) in [5.74, 6) is 0.545. The smallest absolute Gasteiger partial charge is 0.246 e. The number of methoxy groups -OCH3 is 1. The number of nitriles is 1. The number of rotatable bonds is 5. The van der Waals surface area contributed by atoms with Crippen LogP contribution in [0.25, 0.3) is 0 Å². The van der Waals surface area contributed by atoms with Crippen molar-refractivity contribution in [1.82, 2.24) is 0 Å². The third-order valence-electron chi connectivity index (χ3n) is 3.17. The van der Waals surface area contributed by atoms with Crippen LogP contribution in [0.5, 0.6) is 5.75 Å². The molecule has 0 saturated heterocycles. The number of hydrogen-bond donors (Lipinski definition) is 2. The van der Waals surface area contributed by atoms with Gasteiger partial charge in [0.15, 0.2) is 0 Å². The van der Waals surface area contributed by atoms with Crippen molar-refractivity contribution in [3.05, 3.63) is 54.1 Å². The Morgan fingerprint density at radius 2 is 1.86 bits per heavy atom. The van der Waals surface area contributed by atoms with E-state index in [1.807, 2.05) is 24.3 Å². The molecule has 22 heavy (non-hydrogen) atoms. The van der Waals surface area contributed by atoms with Gasteiger partial charge >= 0.3 is 0 Å². The molecular weight excluding hydrogens is 278 g/mol. The fourth-order valence-electron chi connectivity index (χ4n) is 1.93. The Kier molecular flexibility index (Phi) is 4.99. The average Bonchev–Trinajstić information content (AvgIpc) is 2.56. The van der Waals surface area contributed by atoms with Gasteiger partial charge in [-0.1, -0.05) is 12.1 Å². The molecule has 0 aliphatic rings. The molecule has 0 aliphatic heterocycles. The Bertz CT molecular complexity index is 690. The van der Waals surface area contributed by atoms with Crippen LogP contribution >= 0.6 is 0 Å². The molecule has 2 aromatic rings. The lowest BCUT2D eigenvalue weighted by Crippen LogP contribution is -2.32. The van der Waals surface area contributed by atoms with E-state index in [1.54, 1.807) is 38.3 Å². The summed E-state index contributed by atoms with van der Waals surface area (Å²) in [6, 6.07) is 15.8. The van der Waals surface area contributed by atoms with Gasteiger partial charge in [0.05, 0.1) is 18.4 Å². The number of nitrogens with zero attached hydrogens (tertiary/aromatic N) is 1. The maximum Gasteiger partial charge on any atom is 0.246 e. The molecule has 0 aliphatic carbocycles. The molecule has 2 rings (SSSR count). The third-order valence-corrected chi connectivity index (χ3v) is 3.17. The van der Waals surface area contributed by atoms with Crippen LogP contribution in [0.15, 0.2) is 48.5 Å². The van der Waals surface area contributed by atoms with Gasteiger partial charge in [0.25, 0.3) is 0 Å². The molecule has 0 radical (unpaired) electrons. The molecule has 0 aromatic heterocycles. The second kappa shape index (κ2) is 7.14. The van der Waals surface area contributed by atoms with Crippen molar-refractivity contribution in [2.45, 2.75) is 13.0 Å². The topological polar surface area (TPSA) is 74.2 Å². The van der Waals surface area contributed by atoms with Crippen LogP contribution < -0.4 is 15.4 Å². The first-order valence-electron chi connectivity index (χ1n) is 6.84. The molecule has 0 heterocycles. The number of hydrogen-bond acceptors (Lipinski definition) is 4. The maximum absolute atomic E-state index is 12.2. The molecule has 5 heteroatoms. The highest BCUT2D eigenvalue weighted by Crippen LogP contribution is 2.17. The normalized spacial score (nSPS) is 11.1. The molecule has 1 atom stereocenters. The van der Waals surface area contributed by atoms with Crippen LogP contribution in [-0.4, -0.2) is 19.1 Å². The van der Waals surface area contributed by atoms with Gasteiger partial charge < -0.3 is 15.4 Å². The van der Waals surface area contributed by atoms with Crippen molar-refractivity contribution in [2.24, 2.45) is 0 Å². The molecule has 1 amide bonds. The van der Waals surface area contributed by atoms with Gasteiger partial charge in [-0.15, -0.1) is 0 Å². The van der Waals surface area contributed by atoms with Crippen molar-refractivity contribution in [3.63, 3.8) is 0 Å². The van der Waals surface area contributed by atoms with Gasteiger partial charge in [-0.05, 0) is 43.3 Å². The van der Waals surface area contributed by atoms with E-state index in [1.165, 1.54) is 0 Å². The number of anilines is 2. The predicted molar refractivity (Wildman–Crippen MR) is 85.9 cm³/mol. The largest absolute Gasteiger partial charge is 0.497 e. The third kappa shape index (κ3) is 3.76. The molecule has 0 spiro atoms. The first-order valence-corrected chi connectivity index (χ1v) is 6.84. The van der Waals surface area contributed by atoms with E-state index in [-0.39, 0.29) is 5.91 Å². The van der Waals surface area contributed by atoms with E-state index in [0.29, 0.717) is 11.3 Å². The zero-order valence-corrected chi connectivity index (χ0v) is 12.5. The van der Waals surface area contributed by atoms with Gasteiger partial charge in [-0.2, -0.15) is 5.26 Å². The second-order valence-corrected chi connectivity index (χ2v) is 4.74. The molecule has 0 fully saturated rings. The number of nitrogens with one attached hydrogen (secondary N) is 2. The summed E-state index contributed by atoms with van der Waals surface area (Å²) in [6.07, 6.45) is 0. The summed E-state index contributed by atoms with van der Waals surface area (Å²) in [6.45, 7) is 1.76. The number of amides is 1. The summed E-state index contributed by atoms with van der Waals surface area (Å²) in [4.78, 5) is 12.2. The molecule has 0 saturated carbocycles. The first kappa shape index (κ1) is 15.4. The summed E-state index contributed by atoms with van der Waals surface area (Å²) in [7, 11) is 1.60. The minimum absolute atomic E-state index is 0.210. The number of para-hydroxylation sites is 1. The van der Waals surface area contributed by atoms with E-state index >= 15 is 0 Å². The zero-order chi connectivity index (χ0) is 15.9. The highest BCUT2D eigenvalue weighted by Gasteiger charge is 2.14. The van der Waals surface area contributed by atoms with Crippen LogP contribution in [0.3, 0.4) is 0 Å². The van der Waals surface area contributed by atoms with Crippen molar-refractivity contribution >= 4 is 17.3 Å². The summed E-state index contributed by atoms with van der Waals surface area (Å²) in [5, 5.41) is 14.9. The van der Waals surface area contributed by atoms with E-state index in [4.69, 9.17) is 10.00 Å². The lowest BCUT2D eigenvalue weighted by Gasteiger charge is -2.16. The minimum atomic E-state index is -0.444. The van der Waals surface area contributed by atoms with Gasteiger partial charge in [0, 0.05) is 5.69 Å². The quantitative estimate of drug-likeness (QED) is 0.889. The Balaban J connectivity index is 2.01. The standard InChI is InChI=1S/C17H17N3O2/c1-12(19-14-7-9-15(22-2)10-8-14)17(21)20-16-6-4-3-5-13(16)11-18/h3-10,12,19H,1-2H3,(H,20,21). The summed E-state index contributed by atoms with van der Waals surface area (Å²) < 4.78 is 5.09. The van der Waals surface area contributed by atoms with Crippen molar-refractivity contribution in [2.75, 3.05) is 17.7 Å². The number of carbonyl (C=O) groups excluding carboxylic acids is 1. The van der Waals surface area contributed by atoms with Crippen molar-refractivity contribution < 1.29 is 9.53 Å². The van der Waals surface area contributed by atoms with Crippen LogP contribution in [0.4, 0.5) is 11.4 Å². The fraction of sp³-hybridized carbons (Fsp3) is 0.176. The molecular formula is C17H17N3O2. The van der Waals surface area contributed by atoms with Crippen LogP contribution in [0.1, 0.15) is 12.5 Å². The van der Waals surface area contributed by atoms with Crippen molar-refractivity contribution in [1.29, 1.82) is 5.26 Å². The zero-order valence-electron chi connectivity index (χ0n) is 12.5. The highest BCUT2D eigenvalue weighted by molar-refractivity contribution is 5.97. The van der Waals surface area contributed by atoms with E-state index < -0.39 is 6.04 Å². The highest BCUT2D eigenvalue weighted by atomic mass is 16.5. The minimum Gasteiger partial charge on any atom is -0.497 e. The molecule has 112 valence electrons. The fourth-order valence-corrected chi connectivity index (χ4v) is 1.93. The van der Waals surface area contributed by atoms with Gasteiger partial charge in [-0.3, -0.25) is 4.79 Å². The second-order valence-electron chi connectivity index (χ2n) is 4.74. The number of carbonyl (C=O) groups is 1. The predicted octanol–water partition coefficient (Wildman–Crippen LogP) is 3.01. The van der Waals surface area contributed by atoms with Crippen LogP contribution in [-0.2, 0) is 4.79 Å². The molecule has 5 nitrogen and oxygen atoms in total. The average molecular weight is 295 g/mol. The Hall–Kier alpha value is -3.00. The number of ether oxygens (including phenoxy) is 1. The van der Waals surface area contributed by atoms with E-state index in [0.717, 1.165) is 11.4 Å². The Morgan fingerprint density at radius 3 is 2.50 bits per heavy atom. The van der Waals surface area contributed by atoms with Crippen LogP contribution in [0.2, 0.25) is 0 Å². The Labute approximate surface area is 129 Å². The SMILES string of the molecule is COc1ccc(NC(C)C(=O)Nc2ccccc2C#N)cc1. The molecule has 1 unspecified atom stereocenters. The number of benzene rings is 2. The molecule has 2 N–H and O–H groups in total. The first-order chi connectivity index (χ1) is 10.6. The molecule has 2 aromatic carbocycles. The van der Waals surface area contributed by atoms with Gasteiger partial charge in [-0.25, -0.2) is 0 Å². The van der Waals surface area contributed by atoms with Crippen LogP contribution in [0, 0.1) is 11.3 Å². The maximum atomic E-state index is 12.2. The van der Waals surface area contributed by atoms with Gasteiger partial charge in [0.2, 0.25) is 5.91 Å². The summed E-state index contributed by atoms with van der Waals surface area (Å²) in [5.41, 5.74) is 1.77. The van der Waals surface area contributed by atoms with Crippen molar-refractivity contribution in [3.8, 4) is 11.8 Å². The van der Waals surface area contributed by atoms with E-state index in [9.17, 15) is 4.79 Å². The lowest BCUT2D eigenvalue weighted by atomic mass is 10.2. The Morgan fingerprint density at radius 1 is 1.18 bits per heavy atom. The van der Waals surface area contributed by atoms with E-state index in [2.05, 4.69) is 16.7 Å². The lowest BCUT2D eigenvalue weighted by molar-refractivity contribution is -0.116. The summed E-state index contributed by atoms with van der Waals surface area (Å²) >= 11 is 0.